The summed E-state index contributed by atoms with van der Waals surface area (Å²) in [6.07, 6.45) is 0.864. The first-order valence-corrected chi connectivity index (χ1v) is 8.08. The lowest BCUT2D eigenvalue weighted by Crippen LogP contribution is -2.48. The standard InChI is InChI=1S/C19H22N2O3.ClH/c1-19(20,15-6-3-2-4-7-15)18(22)21-13-14-8-9-16-17(12-14)24-11-5-10-23-16;/h2-4,6-9,12H,5,10-11,13,20H2,1H3,(H,21,22);1H. The summed E-state index contributed by atoms with van der Waals surface area (Å²) in [6, 6.07) is 15.0. The van der Waals surface area contributed by atoms with Gasteiger partial charge in [0.15, 0.2) is 11.5 Å². The van der Waals surface area contributed by atoms with Crippen LogP contribution >= 0.6 is 12.4 Å². The molecular weight excluding hydrogens is 340 g/mol. The molecule has 6 heteroatoms. The first-order chi connectivity index (χ1) is 11.6. The number of ether oxygens (including phenoxy) is 2. The van der Waals surface area contributed by atoms with E-state index in [0.29, 0.717) is 19.8 Å². The van der Waals surface area contributed by atoms with Crippen molar-refractivity contribution in [3.8, 4) is 11.5 Å². The second-order valence-electron chi connectivity index (χ2n) is 6.08. The van der Waals surface area contributed by atoms with Gasteiger partial charge in [-0.3, -0.25) is 4.79 Å². The minimum atomic E-state index is -1.08. The molecule has 1 aliphatic rings. The van der Waals surface area contributed by atoms with Gasteiger partial charge in [-0.15, -0.1) is 12.4 Å². The van der Waals surface area contributed by atoms with Gasteiger partial charge in [0.25, 0.3) is 0 Å². The zero-order chi connectivity index (χ0) is 17.0. The summed E-state index contributed by atoms with van der Waals surface area (Å²) in [5.41, 5.74) is 6.86. The number of benzene rings is 2. The van der Waals surface area contributed by atoms with Crippen LogP contribution < -0.4 is 20.5 Å². The van der Waals surface area contributed by atoms with Crippen molar-refractivity contribution >= 4 is 18.3 Å². The van der Waals surface area contributed by atoms with Crippen LogP contribution in [0.5, 0.6) is 11.5 Å². The monoisotopic (exact) mass is 362 g/mol. The molecule has 1 aliphatic heterocycles. The molecule has 3 N–H and O–H groups in total. The van der Waals surface area contributed by atoms with Crippen LogP contribution in [0.1, 0.15) is 24.5 Å². The maximum absolute atomic E-state index is 12.5. The molecule has 0 saturated heterocycles. The van der Waals surface area contributed by atoms with Crippen molar-refractivity contribution in [2.75, 3.05) is 13.2 Å². The molecule has 1 amide bonds. The minimum absolute atomic E-state index is 0. The maximum Gasteiger partial charge on any atom is 0.244 e. The van der Waals surface area contributed by atoms with Crippen molar-refractivity contribution in [3.63, 3.8) is 0 Å². The van der Waals surface area contributed by atoms with Gasteiger partial charge in [-0.25, -0.2) is 0 Å². The van der Waals surface area contributed by atoms with E-state index in [0.717, 1.165) is 29.0 Å². The summed E-state index contributed by atoms with van der Waals surface area (Å²) in [4.78, 5) is 12.5. The summed E-state index contributed by atoms with van der Waals surface area (Å²) in [5, 5.41) is 2.90. The Morgan fingerprint density at radius 2 is 1.80 bits per heavy atom. The molecule has 1 unspecified atom stereocenters. The summed E-state index contributed by atoms with van der Waals surface area (Å²) in [5.74, 6) is 1.24. The molecule has 0 fully saturated rings. The average Bonchev–Trinajstić information content (AvgIpc) is 2.85. The Morgan fingerprint density at radius 1 is 1.12 bits per heavy atom. The van der Waals surface area contributed by atoms with Crippen LogP contribution in [0.4, 0.5) is 0 Å². The first-order valence-electron chi connectivity index (χ1n) is 8.08. The van der Waals surface area contributed by atoms with Gasteiger partial charge in [-0.1, -0.05) is 36.4 Å². The van der Waals surface area contributed by atoms with Gasteiger partial charge in [-0.2, -0.15) is 0 Å². The van der Waals surface area contributed by atoms with Gasteiger partial charge in [0.05, 0.1) is 13.2 Å². The van der Waals surface area contributed by atoms with Crippen molar-refractivity contribution in [3.05, 3.63) is 59.7 Å². The SMILES string of the molecule is CC(N)(C(=O)NCc1ccc2c(c1)OCCCO2)c1ccccc1.Cl. The second kappa shape index (κ2) is 8.23. The Hall–Kier alpha value is -2.24. The van der Waals surface area contributed by atoms with E-state index >= 15 is 0 Å². The van der Waals surface area contributed by atoms with Gasteiger partial charge in [-0.05, 0) is 30.2 Å². The van der Waals surface area contributed by atoms with E-state index in [2.05, 4.69) is 5.32 Å². The molecule has 25 heavy (non-hydrogen) atoms. The molecule has 2 aromatic carbocycles. The van der Waals surface area contributed by atoms with Crippen molar-refractivity contribution in [2.45, 2.75) is 25.4 Å². The number of rotatable bonds is 4. The largest absolute Gasteiger partial charge is 0.490 e. The highest BCUT2D eigenvalue weighted by Crippen LogP contribution is 2.30. The lowest BCUT2D eigenvalue weighted by molar-refractivity contribution is -0.126. The van der Waals surface area contributed by atoms with E-state index in [1.807, 2.05) is 48.5 Å². The number of amides is 1. The van der Waals surface area contributed by atoms with Crippen LogP contribution in [-0.4, -0.2) is 19.1 Å². The van der Waals surface area contributed by atoms with E-state index < -0.39 is 5.54 Å². The molecule has 0 aliphatic carbocycles. The summed E-state index contributed by atoms with van der Waals surface area (Å²) < 4.78 is 11.3. The lowest BCUT2D eigenvalue weighted by atomic mass is 9.92. The van der Waals surface area contributed by atoms with E-state index in [1.165, 1.54) is 0 Å². The maximum atomic E-state index is 12.5. The Bertz CT molecular complexity index is 720. The highest BCUT2D eigenvalue weighted by atomic mass is 35.5. The summed E-state index contributed by atoms with van der Waals surface area (Å²) in [7, 11) is 0. The van der Waals surface area contributed by atoms with Crippen molar-refractivity contribution in [1.82, 2.24) is 5.32 Å². The molecule has 0 aromatic heterocycles. The third-order valence-corrected chi connectivity index (χ3v) is 4.11. The fourth-order valence-corrected chi connectivity index (χ4v) is 2.60. The Balaban J connectivity index is 0.00000225. The van der Waals surface area contributed by atoms with E-state index in [-0.39, 0.29) is 18.3 Å². The van der Waals surface area contributed by atoms with E-state index in [4.69, 9.17) is 15.2 Å². The van der Waals surface area contributed by atoms with Crippen LogP contribution in [0.25, 0.3) is 0 Å². The lowest BCUT2D eigenvalue weighted by Gasteiger charge is -2.24. The molecule has 1 heterocycles. The third-order valence-electron chi connectivity index (χ3n) is 4.11. The molecule has 0 radical (unpaired) electrons. The molecule has 5 nitrogen and oxygen atoms in total. The summed E-state index contributed by atoms with van der Waals surface area (Å²) >= 11 is 0. The third kappa shape index (κ3) is 4.44. The second-order valence-corrected chi connectivity index (χ2v) is 6.08. The fraction of sp³-hybridized carbons (Fsp3) is 0.316. The number of hydrogen-bond donors (Lipinski definition) is 2. The Morgan fingerprint density at radius 3 is 2.52 bits per heavy atom. The van der Waals surface area contributed by atoms with Gasteiger partial charge in [0, 0.05) is 13.0 Å². The molecule has 1 atom stereocenters. The molecule has 0 bridgehead atoms. The first kappa shape index (κ1) is 19.1. The average molecular weight is 363 g/mol. The normalized spacial score (nSPS) is 15.3. The highest BCUT2D eigenvalue weighted by Gasteiger charge is 2.30. The fourth-order valence-electron chi connectivity index (χ4n) is 2.60. The smallest absolute Gasteiger partial charge is 0.244 e. The Labute approximate surface area is 153 Å². The van der Waals surface area contributed by atoms with Gasteiger partial charge >= 0.3 is 0 Å². The number of carbonyl (C=O) groups is 1. The van der Waals surface area contributed by atoms with Crippen molar-refractivity contribution < 1.29 is 14.3 Å². The number of nitrogens with one attached hydrogen (secondary N) is 1. The Kier molecular flexibility index (Phi) is 6.28. The van der Waals surface area contributed by atoms with Crippen molar-refractivity contribution in [1.29, 1.82) is 0 Å². The molecule has 0 spiro atoms. The van der Waals surface area contributed by atoms with E-state index in [1.54, 1.807) is 6.92 Å². The quantitative estimate of drug-likeness (QED) is 0.877. The molecule has 2 aromatic rings. The van der Waals surface area contributed by atoms with Gasteiger partial charge in [0.1, 0.15) is 5.54 Å². The number of fused-ring (bicyclic) bond motifs is 1. The molecule has 0 saturated carbocycles. The molecule has 3 rings (SSSR count). The van der Waals surface area contributed by atoms with Crippen molar-refractivity contribution in [2.24, 2.45) is 5.73 Å². The minimum Gasteiger partial charge on any atom is -0.490 e. The predicted octanol–water partition coefficient (Wildman–Crippen LogP) is 2.76. The van der Waals surface area contributed by atoms with Crippen LogP contribution in [0.3, 0.4) is 0 Å². The molecular formula is C19H23ClN2O3. The zero-order valence-electron chi connectivity index (χ0n) is 14.2. The van der Waals surface area contributed by atoms with E-state index in [9.17, 15) is 4.79 Å². The van der Waals surface area contributed by atoms with Crippen LogP contribution in [-0.2, 0) is 16.9 Å². The van der Waals surface area contributed by atoms with Gasteiger partial charge < -0.3 is 20.5 Å². The molecule has 134 valence electrons. The van der Waals surface area contributed by atoms with Crippen LogP contribution in [0.2, 0.25) is 0 Å². The predicted molar refractivity (Wildman–Crippen MR) is 99.1 cm³/mol. The van der Waals surface area contributed by atoms with Crippen LogP contribution in [0.15, 0.2) is 48.5 Å². The van der Waals surface area contributed by atoms with Crippen LogP contribution in [0, 0.1) is 0 Å². The number of carbonyl (C=O) groups excluding carboxylic acids is 1. The zero-order valence-corrected chi connectivity index (χ0v) is 15.0. The highest BCUT2D eigenvalue weighted by molar-refractivity contribution is 5.87. The number of nitrogens with two attached hydrogens (primary N) is 1. The summed E-state index contributed by atoms with van der Waals surface area (Å²) in [6.45, 7) is 3.39. The number of hydrogen-bond acceptors (Lipinski definition) is 4. The topological polar surface area (TPSA) is 73.6 Å². The number of halogens is 1. The van der Waals surface area contributed by atoms with Gasteiger partial charge in [0.2, 0.25) is 5.91 Å².